The number of para-hydroxylation sites is 1. The maximum Gasteiger partial charge on any atom is 0.280 e. The molecule has 4 rings (SSSR count). The van der Waals surface area contributed by atoms with E-state index in [9.17, 15) is 4.79 Å². The molecule has 0 saturated heterocycles. The molecule has 1 aromatic heterocycles. The van der Waals surface area contributed by atoms with Gasteiger partial charge < -0.3 is 10.6 Å². The highest BCUT2D eigenvalue weighted by Gasteiger charge is 2.11. The third kappa shape index (κ3) is 3.57. The third-order valence-corrected chi connectivity index (χ3v) is 4.75. The van der Waals surface area contributed by atoms with Gasteiger partial charge in [-0.25, -0.2) is 9.66 Å². The second-order valence-corrected chi connectivity index (χ2v) is 6.99. The number of nitrogens with zero attached hydrogens (tertiary/aromatic N) is 2. The van der Waals surface area contributed by atoms with E-state index in [0.717, 1.165) is 14.7 Å². The molecule has 134 valence electrons. The normalized spacial score (nSPS) is 10.9. The Morgan fingerprint density at radius 3 is 2.59 bits per heavy atom. The lowest BCUT2D eigenvalue weighted by molar-refractivity contribution is 0.306. The molecular weight excluding hydrogens is 406 g/mol. The van der Waals surface area contributed by atoms with Crippen LogP contribution in [0.4, 0.5) is 0 Å². The van der Waals surface area contributed by atoms with E-state index < -0.39 is 0 Å². The van der Waals surface area contributed by atoms with Crippen molar-refractivity contribution in [1.82, 2.24) is 9.66 Å². The third-order valence-electron chi connectivity index (χ3n) is 4.22. The molecule has 0 bridgehead atoms. The van der Waals surface area contributed by atoms with Gasteiger partial charge in [-0.05, 0) is 42.0 Å². The van der Waals surface area contributed by atoms with Crippen molar-refractivity contribution in [3.63, 3.8) is 0 Å². The highest BCUT2D eigenvalue weighted by molar-refractivity contribution is 9.10. The van der Waals surface area contributed by atoms with Crippen LogP contribution in [0.5, 0.6) is 5.75 Å². The highest BCUT2D eigenvalue weighted by Crippen LogP contribution is 2.23. The van der Waals surface area contributed by atoms with E-state index in [1.165, 1.54) is 0 Å². The molecular formula is C21H16BrN3O2. The fourth-order valence-electron chi connectivity index (χ4n) is 2.82. The Balaban J connectivity index is 1.66. The molecule has 6 heteroatoms. The first-order valence-electron chi connectivity index (χ1n) is 8.36. The summed E-state index contributed by atoms with van der Waals surface area (Å²) in [6.45, 7) is 0.442. The fourth-order valence-corrected chi connectivity index (χ4v) is 3.09. The molecule has 1 heterocycles. The molecule has 0 atom stereocenters. The van der Waals surface area contributed by atoms with Crippen LogP contribution in [0, 0.1) is 0 Å². The van der Waals surface area contributed by atoms with Crippen LogP contribution < -0.4 is 16.1 Å². The summed E-state index contributed by atoms with van der Waals surface area (Å²) in [5.74, 6) is 7.08. The average Bonchev–Trinajstić information content (AvgIpc) is 2.70. The summed E-state index contributed by atoms with van der Waals surface area (Å²) in [4.78, 5) is 17.1. The van der Waals surface area contributed by atoms with E-state index in [1.807, 2.05) is 54.6 Å². The molecule has 4 aromatic rings. The quantitative estimate of drug-likeness (QED) is 0.503. The van der Waals surface area contributed by atoms with E-state index in [1.54, 1.807) is 18.2 Å². The van der Waals surface area contributed by atoms with Crippen molar-refractivity contribution in [1.29, 1.82) is 0 Å². The molecule has 0 radical (unpaired) electrons. The van der Waals surface area contributed by atoms with Crippen molar-refractivity contribution in [3.8, 4) is 17.1 Å². The lowest BCUT2D eigenvalue weighted by Gasteiger charge is -2.11. The van der Waals surface area contributed by atoms with Gasteiger partial charge in [0, 0.05) is 10.0 Å². The molecule has 0 fully saturated rings. The van der Waals surface area contributed by atoms with Gasteiger partial charge >= 0.3 is 0 Å². The monoisotopic (exact) mass is 421 g/mol. The van der Waals surface area contributed by atoms with E-state index in [4.69, 9.17) is 10.6 Å². The Labute approximate surface area is 164 Å². The SMILES string of the molecule is Nn1c(-c2cccc(OCc3ccc(Br)cc3)c2)nc2ccccc2c1=O. The molecule has 0 spiro atoms. The van der Waals surface area contributed by atoms with E-state index in [-0.39, 0.29) is 5.56 Å². The molecule has 0 aliphatic carbocycles. The summed E-state index contributed by atoms with van der Waals surface area (Å²) in [7, 11) is 0. The molecule has 0 amide bonds. The standard InChI is InChI=1S/C21H16BrN3O2/c22-16-10-8-14(9-11-16)13-27-17-5-3-4-15(12-17)20-24-19-7-2-1-6-18(19)21(26)25(20)23/h1-12H,13,23H2. The molecule has 2 N–H and O–H groups in total. The molecule has 27 heavy (non-hydrogen) atoms. The van der Waals surface area contributed by atoms with Crippen LogP contribution in [-0.4, -0.2) is 9.66 Å². The summed E-state index contributed by atoms with van der Waals surface area (Å²) in [5, 5.41) is 0.492. The Kier molecular flexibility index (Phi) is 4.64. The van der Waals surface area contributed by atoms with Gasteiger partial charge in [-0.3, -0.25) is 4.79 Å². The highest BCUT2D eigenvalue weighted by atomic mass is 79.9. The molecule has 0 unspecified atom stereocenters. The summed E-state index contributed by atoms with van der Waals surface area (Å²) in [6.07, 6.45) is 0. The van der Waals surface area contributed by atoms with Crippen LogP contribution in [0.2, 0.25) is 0 Å². The van der Waals surface area contributed by atoms with Crippen LogP contribution in [0.25, 0.3) is 22.3 Å². The van der Waals surface area contributed by atoms with Crippen molar-refractivity contribution in [2.75, 3.05) is 5.84 Å². The Bertz CT molecular complexity index is 1170. The maximum atomic E-state index is 12.5. The number of aromatic nitrogens is 2. The zero-order valence-electron chi connectivity index (χ0n) is 14.3. The van der Waals surface area contributed by atoms with Crippen LogP contribution in [0.15, 0.2) is 82.1 Å². The lowest BCUT2D eigenvalue weighted by atomic mass is 10.1. The number of hydrogen-bond acceptors (Lipinski definition) is 4. The van der Waals surface area contributed by atoms with Gasteiger partial charge in [-0.15, -0.1) is 0 Å². The Morgan fingerprint density at radius 1 is 1.00 bits per heavy atom. The van der Waals surface area contributed by atoms with Gasteiger partial charge in [0.1, 0.15) is 12.4 Å². The van der Waals surface area contributed by atoms with Crippen molar-refractivity contribution in [2.24, 2.45) is 0 Å². The zero-order chi connectivity index (χ0) is 18.8. The summed E-state index contributed by atoms with van der Waals surface area (Å²) < 4.78 is 7.98. The second-order valence-electron chi connectivity index (χ2n) is 6.07. The first-order chi connectivity index (χ1) is 13.1. The van der Waals surface area contributed by atoms with Crippen molar-refractivity contribution < 1.29 is 4.74 Å². The minimum Gasteiger partial charge on any atom is -0.489 e. The van der Waals surface area contributed by atoms with Crippen LogP contribution in [-0.2, 0) is 6.61 Å². The number of halogens is 1. The van der Waals surface area contributed by atoms with Gasteiger partial charge in [0.2, 0.25) is 0 Å². The molecule has 3 aromatic carbocycles. The number of hydrogen-bond donors (Lipinski definition) is 1. The minimum atomic E-state index is -0.281. The van der Waals surface area contributed by atoms with Crippen LogP contribution >= 0.6 is 15.9 Å². The summed E-state index contributed by atoms with van der Waals surface area (Å²) in [5.41, 5.74) is 2.11. The Morgan fingerprint density at radius 2 is 1.78 bits per heavy atom. The smallest absolute Gasteiger partial charge is 0.280 e. The number of benzene rings is 3. The predicted molar refractivity (Wildman–Crippen MR) is 110 cm³/mol. The number of ether oxygens (including phenoxy) is 1. The van der Waals surface area contributed by atoms with Gasteiger partial charge in [-0.1, -0.05) is 52.3 Å². The van der Waals surface area contributed by atoms with Gasteiger partial charge in [0.05, 0.1) is 10.9 Å². The number of nitrogen functional groups attached to an aromatic ring is 1. The number of fused-ring (bicyclic) bond motifs is 1. The summed E-state index contributed by atoms with van der Waals surface area (Å²) >= 11 is 3.42. The average molecular weight is 422 g/mol. The molecule has 5 nitrogen and oxygen atoms in total. The van der Waals surface area contributed by atoms with Gasteiger partial charge in [0.15, 0.2) is 5.82 Å². The first kappa shape index (κ1) is 17.3. The predicted octanol–water partition coefficient (Wildman–Crippen LogP) is 4.12. The van der Waals surface area contributed by atoms with Crippen LogP contribution in [0.3, 0.4) is 0 Å². The molecule has 0 aliphatic heterocycles. The topological polar surface area (TPSA) is 70.1 Å². The van der Waals surface area contributed by atoms with Crippen LogP contribution in [0.1, 0.15) is 5.56 Å². The molecule has 0 saturated carbocycles. The zero-order valence-corrected chi connectivity index (χ0v) is 15.9. The fraction of sp³-hybridized carbons (Fsp3) is 0.0476. The minimum absolute atomic E-state index is 0.281. The van der Waals surface area contributed by atoms with E-state index in [2.05, 4.69) is 20.9 Å². The largest absolute Gasteiger partial charge is 0.489 e. The van der Waals surface area contributed by atoms with E-state index in [0.29, 0.717) is 34.6 Å². The lowest BCUT2D eigenvalue weighted by Crippen LogP contribution is -2.29. The van der Waals surface area contributed by atoms with Gasteiger partial charge in [0.25, 0.3) is 5.56 Å². The number of nitrogens with two attached hydrogens (primary N) is 1. The number of rotatable bonds is 4. The summed E-state index contributed by atoms with van der Waals surface area (Å²) in [6, 6.07) is 22.5. The Hall–Kier alpha value is -3.12. The second kappa shape index (κ2) is 7.25. The maximum absolute atomic E-state index is 12.5. The van der Waals surface area contributed by atoms with Crippen molar-refractivity contribution in [3.05, 3.63) is 93.2 Å². The first-order valence-corrected chi connectivity index (χ1v) is 9.16. The van der Waals surface area contributed by atoms with Gasteiger partial charge in [-0.2, -0.15) is 0 Å². The van der Waals surface area contributed by atoms with E-state index >= 15 is 0 Å². The van der Waals surface area contributed by atoms with Crippen molar-refractivity contribution >= 4 is 26.8 Å². The van der Waals surface area contributed by atoms with Crippen molar-refractivity contribution in [2.45, 2.75) is 6.61 Å². The molecule has 0 aliphatic rings.